The molecule has 0 aliphatic heterocycles. The van der Waals surface area contributed by atoms with Crippen LogP contribution in [0.3, 0.4) is 0 Å². The Labute approximate surface area is 119 Å². The average molecular weight is 303 g/mol. The van der Waals surface area contributed by atoms with Crippen molar-refractivity contribution < 1.29 is 22.7 Å². The van der Waals surface area contributed by atoms with Gasteiger partial charge in [-0.2, -0.15) is 0 Å². The summed E-state index contributed by atoms with van der Waals surface area (Å²) in [7, 11) is 0. The van der Waals surface area contributed by atoms with Crippen molar-refractivity contribution in [2.45, 2.75) is 19.2 Å². The molecule has 0 atom stereocenters. The number of amides is 2. The maximum Gasteiger partial charge on any atom is 0.573 e. The molecule has 0 spiro atoms. The zero-order chi connectivity index (χ0) is 15.5. The monoisotopic (exact) mass is 303 g/mol. The van der Waals surface area contributed by atoms with E-state index < -0.39 is 12.4 Å². The molecule has 1 saturated carbocycles. The summed E-state index contributed by atoms with van der Waals surface area (Å²) in [4.78, 5) is 11.6. The molecule has 0 saturated heterocycles. The third-order valence-electron chi connectivity index (χ3n) is 3.36. The largest absolute Gasteiger partial charge is 0.573 e. The summed E-state index contributed by atoms with van der Waals surface area (Å²) in [6.45, 7) is 1.02. The van der Waals surface area contributed by atoms with E-state index in [2.05, 4.69) is 15.4 Å². The molecule has 2 rings (SSSR count). The van der Waals surface area contributed by atoms with Crippen LogP contribution in [-0.4, -0.2) is 25.5 Å². The minimum Gasteiger partial charge on any atom is -0.406 e. The van der Waals surface area contributed by atoms with Crippen molar-refractivity contribution >= 4 is 11.7 Å². The first-order valence-corrected chi connectivity index (χ1v) is 6.43. The van der Waals surface area contributed by atoms with Crippen molar-refractivity contribution in [3.8, 4) is 5.75 Å². The number of urea groups is 1. The summed E-state index contributed by atoms with van der Waals surface area (Å²) in [5.74, 6) is -0.339. The molecule has 116 valence electrons. The van der Waals surface area contributed by atoms with E-state index in [0.29, 0.717) is 18.8 Å². The van der Waals surface area contributed by atoms with Crippen molar-refractivity contribution in [1.29, 1.82) is 0 Å². The van der Waals surface area contributed by atoms with Gasteiger partial charge in [0, 0.05) is 17.6 Å². The Bertz CT molecular complexity index is 498. The van der Waals surface area contributed by atoms with Crippen molar-refractivity contribution in [2.24, 2.45) is 11.1 Å². The number of hydrogen-bond donors (Lipinski definition) is 3. The molecule has 1 aromatic carbocycles. The third kappa shape index (κ3) is 4.82. The highest BCUT2D eigenvalue weighted by atomic mass is 19.4. The minimum absolute atomic E-state index is 0.0156. The zero-order valence-corrected chi connectivity index (χ0v) is 11.2. The fraction of sp³-hybridized carbons (Fsp3) is 0.462. The number of carbonyl (C=O) groups excluding carboxylic acids is 1. The van der Waals surface area contributed by atoms with Crippen LogP contribution in [0.15, 0.2) is 24.3 Å². The summed E-state index contributed by atoms with van der Waals surface area (Å²) in [6.07, 6.45) is -2.74. The lowest BCUT2D eigenvalue weighted by atomic mass is 10.1. The van der Waals surface area contributed by atoms with Gasteiger partial charge in [0.1, 0.15) is 5.75 Å². The van der Waals surface area contributed by atoms with Crippen molar-refractivity contribution in [3.05, 3.63) is 24.3 Å². The van der Waals surface area contributed by atoms with Crippen LogP contribution in [0.2, 0.25) is 0 Å². The Balaban J connectivity index is 1.81. The normalized spacial score (nSPS) is 16.2. The summed E-state index contributed by atoms with van der Waals surface area (Å²) in [6, 6.07) is 4.50. The number of nitrogens with two attached hydrogens (primary N) is 1. The maximum atomic E-state index is 12.0. The predicted octanol–water partition coefficient (Wildman–Crippen LogP) is 2.45. The average Bonchev–Trinajstić information content (AvgIpc) is 3.18. The van der Waals surface area contributed by atoms with E-state index in [4.69, 9.17) is 5.73 Å². The molecule has 0 radical (unpaired) electrons. The van der Waals surface area contributed by atoms with Gasteiger partial charge in [-0.05, 0) is 43.7 Å². The SMILES string of the molecule is NCC1(CNC(=O)Nc2ccc(OC(F)(F)F)cc2)CC1. The lowest BCUT2D eigenvalue weighted by Crippen LogP contribution is -2.36. The second kappa shape index (κ2) is 5.80. The highest BCUT2D eigenvalue weighted by Gasteiger charge is 2.41. The first-order valence-electron chi connectivity index (χ1n) is 6.43. The molecule has 1 aliphatic carbocycles. The summed E-state index contributed by atoms with van der Waals surface area (Å²) >= 11 is 0. The highest BCUT2D eigenvalue weighted by Crippen LogP contribution is 2.43. The van der Waals surface area contributed by atoms with Crippen LogP contribution in [0.4, 0.5) is 23.7 Å². The first kappa shape index (κ1) is 15.4. The van der Waals surface area contributed by atoms with Gasteiger partial charge < -0.3 is 21.1 Å². The van der Waals surface area contributed by atoms with E-state index >= 15 is 0 Å². The molecule has 0 unspecified atom stereocenters. The van der Waals surface area contributed by atoms with Crippen LogP contribution in [0, 0.1) is 5.41 Å². The van der Waals surface area contributed by atoms with Crippen LogP contribution in [0.1, 0.15) is 12.8 Å². The number of nitrogens with one attached hydrogen (secondary N) is 2. The fourth-order valence-electron chi connectivity index (χ4n) is 1.81. The van der Waals surface area contributed by atoms with E-state index in [1.54, 1.807) is 0 Å². The maximum absolute atomic E-state index is 12.0. The number of ether oxygens (including phenoxy) is 1. The van der Waals surface area contributed by atoms with Crippen LogP contribution in [0.5, 0.6) is 5.75 Å². The molecule has 4 N–H and O–H groups in total. The quantitative estimate of drug-likeness (QED) is 0.782. The molecular formula is C13H16F3N3O2. The van der Waals surface area contributed by atoms with Crippen molar-refractivity contribution in [1.82, 2.24) is 5.32 Å². The standard InChI is InChI=1S/C13H16F3N3O2/c14-13(15,16)21-10-3-1-9(2-4-10)19-11(20)18-8-12(7-17)5-6-12/h1-4H,5-8,17H2,(H2,18,19,20). The van der Waals surface area contributed by atoms with Crippen LogP contribution in [-0.2, 0) is 0 Å². The Morgan fingerprint density at radius 2 is 1.90 bits per heavy atom. The van der Waals surface area contributed by atoms with Gasteiger partial charge in [0.05, 0.1) is 0 Å². The molecule has 5 nitrogen and oxygen atoms in total. The second-order valence-corrected chi connectivity index (χ2v) is 5.08. The number of rotatable bonds is 5. The third-order valence-corrected chi connectivity index (χ3v) is 3.36. The van der Waals surface area contributed by atoms with Crippen LogP contribution >= 0.6 is 0 Å². The Kier molecular flexibility index (Phi) is 4.26. The number of halogens is 3. The van der Waals surface area contributed by atoms with Crippen LogP contribution < -0.4 is 21.1 Å². The van der Waals surface area contributed by atoms with Gasteiger partial charge in [-0.1, -0.05) is 0 Å². The molecule has 2 amide bonds. The summed E-state index contributed by atoms with van der Waals surface area (Å²) in [5, 5.41) is 5.23. The molecule has 1 fully saturated rings. The number of alkyl halides is 3. The Hall–Kier alpha value is -1.96. The van der Waals surface area contributed by atoms with E-state index in [-0.39, 0.29) is 11.2 Å². The predicted molar refractivity (Wildman–Crippen MR) is 70.9 cm³/mol. The van der Waals surface area contributed by atoms with Crippen LogP contribution in [0.25, 0.3) is 0 Å². The number of anilines is 1. The Morgan fingerprint density at radius 3 is 2.38 bits per heavy atom. The van der Waals surface area contributed by atoms with E-state index in [9.17, 15) is 18.0 Å². The van der Waals surface area contributed by atoms with Gasteiger partial charge >= 0.3 is 12.4 Å². The van der Waals surface area contributed by atoms with Crippen molar-refractivity contribution in [2.75, 3.05) is 18.4 Å². The molecule has 0 aromatic heterocycles. The topological polar surface area (TPSA) is 76.4 Å². The lowest BCUT2D eigenvalue weighted by Gasteiger charge is -2.14. The second-order valence-electron chi connectivity index (χ2n) is 5.08. The molecule has 0 bridgehead atoms. The first-order chi connectivity index (χ1) is 9.82. The fourth-order valence-corrected chi connectivity index (χ4v) is 1.81. The van der Waals surface area contributed by atoms with E-state index in [1.165, 1.54) is 12.1 Å². The molecule has 0 heterocycles. The summed E-state index contributed by atoms with van der Waals surface area (Å²) < 4.78 is 39.7. The Morgan fingerprint density at radius 1 is 1.29 bits per heavy atom. The van der Waals surface area contributed by atoms with Gasteiger partial charge in [0.15, 0.2) is 0 Å². The van der Waals surface area contributed by atoms with Gasteiger partial charge in [-0.25, -0.2) is 4.79 Å². The smallest absolute Gasteiger partial charge is 0.406 e. The van der Waals surface area contributed by atoms with E-state index in [1.807, 2.05) is 0 Å². The molecule has 8 heteroatoms. The summed E-state index contributed by atoms with van der Waals surface area (Å²) in [5.41, 5.74) is 5.99. The van der Waals surface area contributed by atoms with Gasteiger partial charge in [-0.15, -0.1) is 13.2 Å². The van der Waals surface area contributed by atoms with Gasteiger partial charge in [-0.3, -0.25) is 0 Å². The molecule has 21 heavy (non-hydrogen) atoms. The van der Waals surface area contributed by atoms with E-state index in [0.717, 1.165) is 25.0 Å². The minimum atomic E-state index is -4.73. The number of hydrogen-bond acceptors (Lipinski definition) is 3. The zero-order valence-electron chi connectivity index (χ0n) is 11.2. The van der Waals surface area contributed by atoms with Crippen molar-refractivity contribution in [3.63, 3.8) is 0 Å². The highest BCUT2D eigenvalue weighted by molar-refractivity contribution is 5.89. The molecule has 1 aliphatic rings. The molecule has 1 aromatic rings. The number of benzene rings is 1. The lowest BCUT2D eigenvalue weighted by molar-refractivity contribution is -0.274. The van der Waals surface area contributed by atoms with Gasteiger partial charge in [0.25, 0.3) is 0 Å². The van der Waals surface area contributed by atoms with Gasteiger partial charge in [0.2, 0.25) is 0 Å². The molecular weight excluding hydrogens is 287 g/mol. The number of carbonyl (C=O) groups is 1.